The SMILES string of the molecule is Cc1cc([C@@H](C)N[S@](=O)C(C)(C)C)c2nc3n(c(=O)c2c1)CCC31CCC1. The van der Waals surface area contributed by atoms with E-state index < -0.39 is 11.0 Å². The Morgan fingerprint density at radius 2 is 1.96 bits per heavy atom. The van der Waals surface area contributed by atoms with E-state index in [1.165, 1.54) is 6.42 Å². The standard InChI is InChI=1S/C21H29N3O2S/c1-13-11-15(14(2)23-27(26)20(3,4)5)17-16(12-13)18(25)24-10-9-21(7-6-8-21)19(24)22-17/h11-12,14,23H,6-10H2,1-5H3/t14-,27-/m1/s1. The first-order chi connectivity index (χ1) is 12.6. The maximum atomic E-state index is 13.2. The highest BCUT2D eigenvalue weighted by Gasteiger charge is 2.46. The predicted octanol–water partition coefficient (Wildman–Crippen LogP) is 3.64. The van der Waals surface area contributed by atoms with E-state index >= 15 is 0 Å². The molecule has 1 aromatic carbocycles. The third-order valence-electron chi connectivity index (χ3n) is 6.14. The molecule has 146 valence electrons. The summed E-state index contributed by atoms with van der Waals surface area (Å²) in [7, 11) is -1.19. The molecule has 2 aromatic rings. The maximum Gasteiger partial charge on any atom is 0.261 e. The van der Waals surface area contributed by atoms with Gasteiger partial charge in [0.15, 0.2) is 0 Å². The van der Waals surface area contributed by atoms with Crippen LogP contribution in [-0.2, 0) is 22.9 Å². The minimum Gasteiger partial charge on any atom is -0.296 e. The number of fused-ring (bicyclic) bond motifs is 3. The van der Waals surface area contributed by atoms with Crippen LogP contribution in [-0.4, -0.2) is 18.5 Å². The molecule has 1 saturated carbocycles. The van der Waals surface area contributed by atoms with E-state index in [2.05, 4.69) is 10.8 Å². The molecule has 1 N–H and O–H groups in total. The van der Waals surface area contributed by atoms with Crippen LogP contribution in [0.5, 0.6) is 0 Å². The van der Waals surface area contributed by atoms with Gasteiger partial charge in [-0.25, -0.2) is 13.9 Å². The molecule has 1 aliphatic heterocycles. The average molecular weight is 388 g/mol. The molecule has 1 aliphatic carbocycles. The van der Waals surface area contributed by atoms with Gasteiger partial charge in [-0.05, 0) is 71.1 Å². The molecule has 2 atom stereocenters. The van der Waals surface area contributed by atoms with Crippen LogP contribution in [0.15, 0.2) is 16.9 Å². The van der Waals surface area contributed by atoms with Crippen LogP contribution in [0.3, 0.4) is 0 Å². The lowest BCUT2D eigenvalue weighted by Gasteiger charge is -2.37. The fourth-order valence-corrected chi connectivity index (χ4v) is 5.16. The quantitative estimate of drug-likeness (QED) is 0.874. The van der Waals surface area contributed by atoms with Crippen LogP contribution < -0.4 is 10.3 Å². The Balaban J connectivity index is 1.86. The van der Waals surface area contributed by atoms with Crippen molar-refractivity contribution in [3.8, 4) is 0 Å². The fourth-order valence-electron chi connectivity index (χ4n) is 4.36. The Morgan fingerprint density at radius 3 is 2.56 bits per heavy atom. The van der Waals surface area contributed by atoms with E-state index in [0.29, 0.717) is 5.39 Å². The zero-order valence-corrected chi connectivity index (χ0v) is 17.7. The summed E-state index contributed by atoms with van der Waals surface area (Å²) in [6, 6.07) is 3.87. The Labute approximate surface area is 163 Å². The molecule has 0 radical (unpaired) electrons. The van der Waals surface area contributed by atoms with Crippen LogP contribution >= 0.6 is 0 Å². The van der Waals surface area contributed by atoms with E-state index in [0.717, 1.165) is 48.3 Å². The molecule has 0 bridgehead atoms. The van der Waals surface area contributed by atoms with Crippen LogP contribution in [0, 0.1) is 6.92 Å². The zero-order chi connectivity index (χ0) is 19.6. The summed E-state index contributed by atoms with van der Waals surface area (Å²) in [6.45, 7) is 10.6. The van der Waals surface area contributed by atoms with Crippen LogP contribution in [0.2, 0.25) is 0 Å². The van der Waals surface area contributed by atoms with E-state index in [1.807, 2.05) is 45.3 Å². The van der Waals surface area contributed by atoms with Gasteiger partial charge in [0.05, 0.1) is 26.6 Å². The minimum absolute atomic E-state index is 0.0767. The second-order valence-corrected chi connectivity index (χ2v) is 11.2. The van der Waals surface area contributed by atoms with E-state index in [1.54, 1.807) is 0 Å². The van der Waals surface area contributed by atoms with Gasteiger partial charge in [0.2, 0.25) is 0 Å². The number of nitrogens with zero attached hydrogens (tertiary/aromatic N) is 2. The molecule has 1 spiro atoms. The van der Waals surface area contributed by atoms with Gasteiger partial charge in [0.1, 0.15) is 5.82 Å². The molecule has 4 rings (SSSR count). The summed E-state index contributed by atoms with van der Waals surface area (Å²) in [6.07, 6.45) is 4.51. The smallest absolute Gasteiger partial charge is 0.261 e. The first-order valence-electron chi connectivity index (χ1n) is 9.86. The molecule has 6 heteroatoms. The van der Waals surface area contributed by atoms with Crippen molar-refractivity contribution in [2.24, 2.45) is 0 Å². The highest BCUT2D eigenvalue weighted by atomic mass is 32.2. The van der Waals surface area contributed by atoms with Gasteiger partial charge in [-0.3, -0.25) is 9.36 Å². The lowest BCUT2D eigenvalue weighted by atomic mass is 9.67. The predicted molar refractivity (Wildman–Crippen MR) is 110 cm³/mol. The van der Waals surface area contributed by atoms with Gasteiger partial charge in [-0.1, -0.05) is 12.5 Å². The number of rotatable bonds is 3. The number of nitrogens with one attached hydrogen (secondary N) is 1. The first kappa shape index (κ1) is 18.8. The van der Waals surface area contributed by atoms with Gasteiger partial charge >= 0.3 is 0 Å². The molecule has 2 aliphatic rings. The Morgan fingerprint density at radius 1 is 1.26 bits per heavy atom. The van der Waals surface area contributed by atoms with E-state index in [-0.39, 0.29) is 21.8 Å². The van der Waals surface area contributed by atoms with Crippen molar-refractivity contribution in [2.75, 3.05) is 0 Å². The molecule has 1 fully saturated rings. The van der Waals surface area contributed by atoms with Crippen molar-refractivity contribution < 1.29 is 4.21 Å². The highest BCUT2D eigenvalue weighted by molar-refractivity contribution is 7.84. The topological polar surface area (TPSA) is 64.0 Å². The normalized spacial score (nSPS) is 20.5. The fraction of sp³-hybridized carbons (Fsp3) is 0.619. The summed E-state index contributed by atoms with van der Waals surface area (Å²) < 4.78 is 17.4. The molecule has 27 heavy (non-hydrogen) atoms. The van der Waals surface area contributed by atoms with Crippen molar-refractivity contribution in [2.45, 2.75) is 83.1 Å². The molecular formula is C21H29N3O2S. The monoisotopic (exact) mass is 387 g/mol. The summed E-state index contributed by atoms with van der Waals surface area (Å²) in [5, 5.41) is 0.681. The number of hydrogen-bond donors (Lipinski definition) is 1. The molecule has 2 heterocycles. The Hall–Kier alpha value is -1.53. The zero-order valence-electron chi connectivity index (χ0n) is 16.9. The summed E-state index contributed by atoms with van der Waals surface area (Å²) >= 11 is 0. The van der Waals surface area contributed by atoms with Gasteiger partial charge in [-0.15, -0.1) is 0 Å². The van der Waals surface area contributed by atoms with Crippen molar-refractivity contribution >= 4 is 21.9 Å². The molecule has 0 amide bonds. The average Bonchev–Trinajstić information content (AvgIpc) is 2.94. The Bertz CT molecular complexity index is 999. The number of aromatic nitrogens is 2. The molecule has 5 nitrogen and oxygen atoms in total. The minimum atomic E-state index is -1.19. The van der Waals surface area contributed by atoms with Crippen LogP contribution in [0.1, 0.15) is 76.4 Å². The largest absolute Gasteiger partial charge is 0.296 e. The number of benzene rings is 1. The van der Waals surface area contributed by atoms with Gasteiger partial charge in [0, 0.05) is 18.0 Å². The van der Waals surface area contributed by atoms with E-state index in [4.69, 9.17) is 4.98 Å². The summed E-state index contributed by atoms with van der Waals surface area (Å²) in [4.78, 5) is 18.2. The third kappa shape index (κ3) is 2.97. The Kier molecular flexibility index (Phi) is 4.35. The molecular weight excluding hydrogens is 358 g/mol. The first-order valence-corrected chi connectivity index (χ1v) is 11.0. The van der Waals surface area contributed by atoms with Gasteiger partial charge in [0.25, 0.3) is 5.56 Å². The second kappa shape index (κ2) is 6.24. The number of hydrogen-bond acceptors (Lipinski definition) is 3. The highest BCUT2D eigenvalue weighted by Crippen LogP contribution is 2.49. The van der Waals surface area contributed by atoms with Crippen LogP contribution in [0.25, 0.3) is 10.9 Å². The third-order valence-corrected chi connectivity index (χ3v) is 7.82. The lowest BCUT2D eigenvalue weighted by molar-refractivity contribution is 0.238. The van der Waals surface area contributed by atoms with E-state index in [9.17, 15) is 9.00 Å². The summed E-state index contributed by atoms with van der Waals surface area (Å²) in [5.41, 5.74) is 2.96. The summed E-state index contributed by atoms with van der Waals surface area (Å²) in [5.74, 6) is 0.973. The van der Waals surface area contributed by atoms with Gasteiger partial charge < -0.3 is 0 Å². The van der Waals surface area contributed by atoms with Crippen LogP contribution in [0.4, 0.5) is 0 Å². The maximum absolute atomic E-state index is 13.2. The van der Waals surface area contributed by atoms with Crippen molar-refractivity contribution in [3.05, 3.63) is 39.4 Å². The van der Waals surface area contributed by atoms with Crippen molar-refractivity contribution in [1.82, 2.24) is 14.3 Å². The molecule has 0 unspecified atom stereocenters. The van der Waals surface area contributed by atoms with Gasteiger partial charge in [-0.2, -0.15) is 0 Å². The lowest BCUT2D eigenvalue weighted by Crippen LogP contribution is -2.36. The molecule has 1 aromatic heterocycles. The van der Waals surface area contributed by atoms with Crippen molar-refractivity contribution in [1.29, 1.82) is 0 Å². The second-order valence-electron chi connectivity index (χ2n) is 9.25. The molecule has 0 saturated heterocycles. The van der Waals surface area contributed by atoms with Crippen molar-refractivity contribution in [3.63, 3.8) is 0 Å². The number of aryl methyl sites for hydroxylation is 1.